The number of likely N-dealkylation sites (tertiary alicyclic amines) is 1. The number of hydrogen-bond acceptors (Lipinski definition) is 4. The Morgan fingerprint density at radius 3 is 2.32 bits per heavy atom. The number of aliphatic imine (C=N–C) groups is 1. The molecule has 0 radical (unpaired) electrons. The molecule has 0 aromatic heterocycles. The quantitative estimate of drug-likeness (QED) is 0.266. The van der Waals surface area contributed by atoms with Crippen molar-refractivity contribution in [3.8, 4) is 11.5 Å². The highest BCUT2D eigenvalue weighted by Crippen LogP contribution is 2.26. The summed E-state index contributed by atoms with van der Waals surface area (Å²) >= 11 is 0. The summed E-state index contributed by atoms with van der Waals surface area (Å²) in [7, 11) is 1.54. The molecular formula is C24H35IN4O2. The minimum absolute atomic E-state index is 0. The van der Waals surface area contributed by atoms with Gasteiger partial charge in [0.25, 0.3) is 0 Å². The lowest BCUT2D eigenvalue weighted by Gasteiger charge is -2.26. The molecule has 6 nitrogen and oxygen atoms in total. The van der Waals surface area contributed by atoms with Gasteiger partial charge in [-0.1, -0.05) is 36.8 Å². The molecule has 2 aromatic rings. The fraction of sp³-hybridized carbons (Fsp3) is 0.458. The zero-order chi connectivity index (χ0) is 21.2. The molecule has 7 heteroatoms. The number of phenolic OH excluding ortho intramolecular Hbond substituents is 1. The number of benzene rings is 2. The Hall–Kier alpha value is -2.00. The van der Waals surface area contributed by atoms with E-state index in [9.17, 15) is 5.11 Å². The van der Waals surface area contributed by atoms with Crippen LogP contribution < -0.4 is 15.4 Å². The molecule has 3 N–H and O–H groups in total. The average Bonchev–Trinajstić information content (AvgIpc) is 2.77. The van der Waals surface area contributed by atoms with E-state index in [0.717, 1.165) is 24.6 Å². The van der Waals surface area contributed by atoms with Crippen LogP contribution in [0.5, 0.6) is 11.5 Å². The first-order valence-electron chi connectivity index (χ1n) is 10.9. The van der Waals surface area contributed by atoms with Gasteiger partial charge in [0.2, 0.25) is 0 Å². The van der Waals surface area contributed by atoms with E-state index in [1.54, 1.807) is 19.2 Å². The number of nitrogens with zero attached hydrogens (tertiary/aromatic N) is 2. The van der Waals surface area contributed by atoms with Crippen LogP contribution >= 0.6 is 24.0 Å². The van der Waals surface area contributed by atoms with Crippen LogP contribution in [-0.2, 0) is 19.6 Å². The predicted molar refractivity (Wildman–Crippen MR) is 137 cm³/mol. The zero-order valence-electron chi connectivity index (χ0n) is 18.6. The van der Waals surface area contributed by atoms with Crippen LogP contribution in [-0.4, -0.2) is 42.7 Å². The van der Waals surface area contributed by atoms with E-state index >= 15 is 0 Å². The molecule has 31 heavy (non-hydrogen) atoms. The molecule has 170 valence electrons. The highest BCUT2D eigenvalue weighted by atomic mass is 127. The van der Waals surface area contributed by atoms with Gasteiger partial charge >= 0.3 is 0 Å². The minimum Gasteiger partial charge on any atom is -0.504 e. The predicted octanol–water partition coefficient (Wildman–Crippen LogP) is 4.26. The number of phenols is 1. The number of piperidine rings is 1. The number of guanidine groups is 1. The fourth-order valence-electron chi connectivity index (χ4n) is 3.67. The summed E-state index contributed by atoms with van der Waals surface area (Å²) < 4.78 is 5.09. The summed E-state index contributed by atoms with van der Waals surface area (Å²) in [5, 5.41) is 16.6. The molecular weight excluding hydrogens is 503 g/mol. The summed E-state index contributed by atoms with van der Waals surface area (Å²) in [5.41, 5.74) is 3.53. The van der Waals surface area contributed by atoms with Gasteiger partial charge in [-0.25, -0.2) is 4.99 Å². The zero-order valence-corrected chi connectivity index (χ0v) is 20.9. The van der Waals surface area contributed by atoms with E-state index in [-0.39, 0.29) is 29.7 Å². The third-order valence-electron chi connectivity index (χ3n) is 5.35. The second-order valence-electron chi connectivity index (χ2n) is 7.71. The third-order valence-corrected chi connectivity index (χ3v) is 5.35. The van der Waals surface area contributed by atoms with Crippen LogP contribution in [0.3, 0.4) is 0 Å². The number of halogens is 1. The first-order chi connectivity index (χ1) is 14.7. The van der Waals surface area contributed by atoms with Crippen molar-refractivity contribution in [1.82, 2.24) is 15.5 Å². The Kier molecular flexibility index (Phi) is 10.9. The molecule has 0 atom stereocenters. The lowest BCUT2D eigenvalue weighted by molar-refractivity contribution is 0.221. The van der Waals surface area contributed by atoms with Crippen LogP contribution in [0.4, 0.5) is 0 Å². The molecule has 0 unspecified atom stereocenters. The molecule has 1 fully saturated rings. The van der Waals surface area contributed by atoms with Gasteiger partial charge in [-0.3, -0.25) is 4.90 Å². The average molecular weight is 538 g/mol. The summed E-state index contributed by atoms with van der Waals surface area (Å²) in [6.07, 6.45) is 4.02. The van der Waals surface area contributed by atoms with Crippen molar-refractivity contribution in [2.24, 2.45) is 4.99 Å². The normalized spacial score (nSPS) is 14.6. The summed E-state index contributed by atoms with van der Waals surface area (Å²) in [6.45, 7) is 7.51. The van der Waals surface area contributed by atoms with E-state index in [2.05, 4.69) is 44.8 Å². The Labute approximate surface area is 203 Å². The van der Waals surface area contributed by atoms with E-state index < -0.39 is 0 Å². The van der Waals surface area contributed by atoms with Crippen molar-refractivity contribution >= 4 is 29.9 Å². The van der Waals surface area contributed by atoms with Crippen molar-refractivity contribution in [3.05, 3.63) is 59.2 Å². The molecule has 0 aliphatic carbocycles. The number of nitrogens with one attached hydrogen (secondary N) is 2. The van der Waals surface area contributed by atoms with Crippen LogP contribution in [0, 0.1) is 0 Å². The topological polar surface area (TPSA) is 69.1 Å². The van der Waals surface area contributed by atoms with Gasteiger partial charge in [0.15, 0.2) is 17.5 Å². The van der Waals surface area contributed by atoms with Crippen molar-refractivity contribution < 1.29 is 9.84 Å². The Morgan fingerprint density at radius 2 is 1.68 bits per heavy atom. The second-order valence-corrected chi connectivity index (χ2v) is 7.71. The maximum atomic E-state index is 9.93. The monoisotopic (exact) mass is 538 g/mol. The number of rotatable bonds is 8. The molecule has 0 saturated carbocycles. The lowest BCUT2D eigenvalue weighted by atomic mass is 10.1. The molecule has 0 spiro atoms. The minimum atomic E-state index is 0. The Bertz CT molecular complexity index is 821. The van der Waals surface area contributed by atoms with Gasteiger partial charge in [-0.05, 0) is 61.7 Å². The van der Waals surface area contributed by atoms with Crippen molar-refractivity contribution in [3.63, 3.8) is 0 Å². The van der Waals surface area contributed by atoms with Crippen LogP contribution in [0.2, 0.25) is 0 Å². The van der Waals surface area contributed by atoms with Crippen molar-refractivity contribution in [1.29, 1.82) is 0 Å². The summed E-state index contributed by atoms with van der Waals surface area (Å²) in [5.74, 6) is 1.36. The maximum absolute atomic E-state index is 9.93. The smallest absolute Gasteiger partial charge is 0.191 e. The molecule has 1 saturated heterocycles. The standard InChI is InChI=1S/C24H34N4O2.HI/c1-3-25-24(27-17-21-11-12-23(30-2)22(29)15-21)26-16-19-7-9-20(10-8-19)18-28-13-5-4-6-14-28;/h7-12,15,29H,3-6,13-14,16-18H2,1-2H3,(H2,25,26,27);1H. The second kappa shape index (κ2) is 13.4. The van der Waals surface area contributed by atoms with Crippen LogP contribution in [0.1, 0.15) is 42.9 Å². The van der Waals surface area contributed by atoms with Gasteiger partial charge in [-0.2, -0.15) is 0 Å². The molecule has 1 aliphatic heterocycles. The van der Waals surface area contributed by atoms with Gasteiger partial charge in [0, 0.05) is 19.6 Å². The highest BCUT2D eigenvalue weighted by Gasteiger charge is 2.10. The fourth-order valence-corrected chi connectivity index (χ4v) is 3.67. The van der Waals surface area contributed by atoms with E-state index in [1.807, 2.05) is 13.0 Å². The van der Waals surface area contributed by atoms with Crippen LogP contribution in [0.15, 0.2) is 47.5 Å². The van der Waals surface area contributed by atoms with E-state index in [4.69, 9.17) is 4.74 Å². The molecule has 0 bridgehead atoms. The van der Waals surface area contributed by atoms with Crippen molar-refractivity contribution in [2.45, 2.75) is 45.8 Å². The molecule has 0 amide bonds. The Balaban J connectivity index is 0.00000341. The SMILES string of the molecule is CCNC(=NCc1ccc(OC)c(O)c1)NCc1ccc(CN2CCCCC2)cc1.I. The van der Waals surface area contributed by atoms with Gasteiger partial charge in [0.05, 0.1) is 13.7 Å². The summed E-state index contributed by atoms with van der Waals surface area (Å²) in [4.78, 5) is 7.17. The number of aromatic hydroxyl groups is 1. The first-order valence-corrected chi connectivity index (χ1v) is 10.9. The largest absolute Gasteiger partial charge is 0.504 e. The maximum Gasteiger partial charge on any atom is 0.191 e. The number of methoxy groups -OCH3 is 1. The third kappa shape index (κ3) is 8.22. The highest BCUT2D eigenvalue weighted by molar-refractivity contribution is 14.0. The van der Waals surface area contributed by atoms with E-state index in [0.29, 0.717) is 18.8 Å². The lowest BCUT2D eigenvalue weighted by Crippen LogP contribution is -2.36. The Morgan fingerprint density at radius 1 is 1.00 bits per heavy atom. The van der Waals surface area contributed by atoms with E-state index in [1.165, 1.54) is 43.5 Å². The van der Waals surface area contributed by atoms with Gasteiger partial charge in [0.1, 0.15) is 0 Å². The van der Waals surface area contributed by atoms with Gasteiger partial charge in [-0.15, -0.1) is 24.0 Å². The van der Waals surface area contributed by atoms with Gasteiger partial charge < -0.3 is 20.5 Å². The number of ether oxygens (including phenoxy) is 1. The van der Waals surface area contributed by atoms with Crippen LogP contribution in [0.25, 0.3) is 0 Å². The first kappa shape index (κ1) is 25.3. The molecule has 3 rings (SSSR count). The van der Waals surface area contributed by atoms with Crippen molar-refractivity contribution in [2.75, 3.05) is 26.7 Å². The summed E-state index contributed by atoms with van der Waals surface area (Å²) in [6, 6.07) is 14.2. The molecule has 2 aromatic carbocycles. The molecule has 1 heterocycles. The molecule has 1 aliphatic rings. The number of hydrogen-bond donors (Lipinski definition) is 3.